The van der Waals surface area contributed by atoms with Crippen LogP contribution in [-0.4, -0.2) is 69.1 Å². The maximum Gasteiger partial charge on any atom is 0.326 e. The van der Waals surface area contributed by atoms with E-state index in [1.807, 2.05) is 6.07 Å². The van der Waals surface area contributed by atoms with Crippen LogP contribution in [0, 0.1) is 5.92 Å². The van der Waals surface area contributed by atoms with Gasteiger partial charge in [-0.25, -0.2) is 4.79 Å². The normalized spacial score (nSPS) is 13.9. The molecule has 8 N–H and O–H groups in total. The van der Waals surface area contributed by atoms with Crippen LogP contribution in [0.5, 0.6) is 5.75 Å². The highest BCUT2D eigenvalue weighted by molar-refractivity contribution is 5.95. The Morgan fingerprint density at radius 2 is 1.31 bits per heavy atom. The van der Waals surface area contributed by atoms with Crippen LogP contribution in [0.3, 0.4) is 0 Å². The number of hydrogen-bond donors (Lipinski definition) is 7. The molecule has 0 radical (unpaired) electrons. The molecule has 3 amide bonds. The Balaban J connectivity index is 2.11. The first-order valence-electron chi connectivity index (χ1n) is 12.3. The number of aromatic hydroxyl groups is 1. The number of carboxylic acid groups (broad SMARTS) is 2. The van der Waals surface area contributed by atoms with E-state index < -0.39 is 66.2 Å². The van der Waals surface area contributed by atoms with Crippen molar-refractivity contribution < 1.29 is 39.3 Å². The fourth-order valence-electron chi connectivity index (χ4n) is 3.74. The molecule has 12 nitrogen and oxygen atoms in total. The van der Waals surface area contributed by atoms with Gasteiger partial charge in [0.2, 0.25) is 17.7 Å². The molecule has 2 aromatic carbocycles. The van der Waals surface area contributed by atoms with Gasteiger partial charge >= 0.3 is 11.9 Å². The number of rotatable bonds is 14. The first kappa shape index (κ1) is 30.8. The lowest BCUT2D eigenvalue weighted by Gasteiger charge is -2.26. The number of phenolic OH excluding ortho intramolecular Hbond substituents is 1. The molecule has 0 aromatic heterocycles. The minimum Gasteiger partial charge on any atom is -0.508 e. The molecule has 39 heavy (non-hydrogen) atoms. The van der Waals surface area contributed by atoms with Crippen LogP contribution < -0.4 is 21.7 Å². The topological polar surface area (TPSA) is 208 Å². The van der Waals surface area contributed by atoms with Crippen LogP contribution in [0.15, 0.2) is 54.6 Å². The number of carbonyl (C=O) groups excluding carboxylic acids is 3. The van der Waals surface area contributed by atoms with Gasteiger partial charge in [0.05, 0.1) is 12.5 Å². The summed E-state index contributed by atoms with van der Waals surface area (Å²) in [7, 11) is 0. The van der Waals surface area contributed by atoms with Crippen molar-refractivity contribution in [3.63, 3.8) is 0 Å². The molecule has 4 atom stereocenters. The lowest BCUT2D eigenvalue weighted by atomic mass is 10.0. The Kier molecular flexibility index (Phi) is 11.4. The number of carbonyl (C=O) groups is 5. The first-order chi connectivity index (χ1) is 18.4. The van der Waals surface area contributed by atoms with Crippen molar-refractivity contribution in [2.45, 2.75) is 57.3 Å². The highest BCUT2D eigenvalue weighted by atomic mass is 16.4. The Morgan fingerprint density at radius 1 is 0.744 bits per heavy atom. The molecule has 0 heterocycles. The van der Waals surface area contributed by atoms with E-state index in [0.717, 1.165) is 5.56 Å². The lowest BCUT2D eigenvalue weighted by Crippen LogP contribution is -2.59. The number of phenols is 1. The summed E-state index contributed by atoms with van der Waals surface area (Å²) in [5, 5.41) is 35.4. The fourth-order valence-corrected chi connectivity index (χ4v) is 3.74. The summed E-state index contributed by atoms with van der Waals surface area (Å²) < 4.78 is 0. The van der Waals surface area contributed by atoms with Gasteiger partial charge < -0.3 is 37.0 Å². The summed E-state index contributed by atoms with van der Waals surface area (Å²) in [5.41, 5.74) is 7.33. The van der Waals surface area contributed by atoms with Gasteiger partial charge in [0.25, 0.3) is 0 Å². The third kappa shape index (κ3) is 10.1. The van der Waals surface area contributed by atoms with Crippen LogP contribution in [-0.2, 0) is 36.8 Å². The Labute approximate surface area is 225 Å². The van der Waals surface area contributed by atoms with E-state index in [0.29, 0.717) is 5.56 Å². The monoisotopic (exact) mass is 542 g/mol. The smallest absolute Gasteiger partial charge is 0.326 e. The van der Waals surface area contributed by atoms with Crippen molar-refractivity contribution in [3.8, 4) is 5.75 Å². The third-order valence-corrected chi connectivity index (χ3v) is 5.88. The molecule has 2 aromatic rings. The zero-order valence-electron chi connectivity index (χ0n) is 21.7. The van der Waals surface area contributed by atoms with Crippen molar-refractivity contribution in [2.24, 2.45) is 11.7 Å². The van der Waals surface area contributed by atoms with Gasteiger partial charge in [-0.05, 0) is 35.6 Å². The molecule has 2 rings (SSSR count). The zero-order valence-corrected chi connectivity index (χ0v) is 21.7. The maximum atomic E-state index is 13.1. The number of benzene rings is 2. The molecule has 0 saturated carbocycles. The van der Waals surface area contributed by atoms with Crippen molar-refractivity contribution in [3.05, 3.63) is 65.7 Å². The van der Waals surface area contributed by atoms with Crippen LogP contribution in [0.4, 0.5) is 0 Å². The van der Waals surface area contributed by atoms with E-state index in [4.69, 9.17) is 5.73 Å². The van der Waals surface area contributed by atoms with Crippen LogP contribution >= 0.6 is 0 Å². The summed E-state index contributed by atoms with van der Waals surface area (Å²) in [4.78, 5) is 61.9. The van der Waals surface area contributed by atoms with Crippen molar-refractivity contribution in [2.75, 3.05) is 0 Å². The van der Waals surface area contributed by atoms with Crippen molar-refractivity contribution >= 4 is 29.7 Å². The first-order valence-corrected chi connectivity index (χ1v) is 12.3. The van der Waals surface area contributed by atoms with Crippen molar-refractivity contribution in [1.29, 1.82) is 0 Å². The lowest BCUT2D eigenvalue weighted by molar-refractivity contribution is -0.143. The van der Waals surface area contributed by atoms with Gasteiger partial charge in [-0.1, -0.05) is 56.3 Å². The van der Waals surface area contributed by atoms with E-state index in [1.165, 1.54) is 24.3 Å². The summed E-state index contributed by atoms with van der Waals surface area (Å²) in [6.07, 6.45) is -0.755. The zero-order chi connectivity index (χ0) is 29.1. The molecule has 0 aliphatic rings. The second kappa shape index (κ2) is 14.5. The highest BCUT2D eigenvalue weighted by Gasteiger charge is 2.33. The number of nitrogens with one attached hydrogen (secondary N) is 3. The molecule has 0 fully saturated rings. The molecular formula is C27H34N4O8. The molecule has 0 saturated heterocycles. The largest absolute Gasteiger partial charge is 0.508 e. The van der Waals surface area contributed by atoms with Gasteiger partial charge in [-0.2, -0.15) is 0 Å². The van der Waals surface area contributed by atoms with Gasteiger partial charge in [0.1, 0.15) is 23.9 Å². The van der Waals surface area contributed by atoms with E-state index in [2.05, 4.69) is 16.0 Å². The Bertz CT molecular complexity index is 1150. The number of carboxylic acids is 2. The quantitative estimate of drug-likeness (QED) is 0.173. The third-order valence-electron chi connectivity index (χ3n) is 5.88. The van der Waals surface area contributed by atoms with Crippen LogP contribution in [0.1, 0.15) is 31.4 Å². The maximum absolute atomic E-state index is 13.1. The average molecular weight is 543 g/mol. The molecule has 210 valence electrons. The number of aliphatic carboxylic acids is 2. The highest BCUT2D eigenvalue weighted by Crippen LogP contribution is 2.12. The van der Waals surface area contributed by atoms with E-state index in [1.54, 1.807) is 38.1 Å². The number of hydrogen-bond acceptors (Lipinski definition) is 7. The summed E-state index contributed by atoms with van der Waals surface area (Å²) in [6, 6.07) is 9.55. The number of nitrogens with two attached hydrogens (primary N) is 1. The second-order valence-corrected chi connectivity index (χ2v) is 9.46. The molecular weight excluding hydrogens is 508 g/mol. The SMILES string of the molecule is CC(C)C(NC(=O)C(N)Cc1ccccc1)C(=O)NC(CC(=O)O)C(=O)NC(Cc1ccc(O)cc1)C(=O)O. The standard InChI is InChI=1S/C27H34N4O8/c1-15(2)23(31-24(35)19(28)12-16-6-4-3-5-7-16)26(37)29-20(14-22(33)34)25(36)30-21(27(38)39)13-17-8-10-18(32)11-9-17/h3-11,15,19-21,23,32H,12-14,28H2,1-2H3,(H,29,37)(H,30,36)(H,31,35)(H,33,34)(H,38,39). The summed E-state index contributed by atoms with van der Waals surface area (Å²) in [5.74, 6) is -5.71. The Morgan fingerprint density at radius 3 is 1.85 bits per heavy atom. The molecule has 0 aliphatic carbocycles. The number of amides is 3. The molecule has 0 spiro atoms. The predicted octanol–water partition coefficient (Wildman–Crippen LogP) is 0.174. The van der Waals surface area contributed by atoms with E-state index >= 15 is 0 Å². The minimum absolute atomic E-state index is 0.0216. The molecule has 0 aliphatic heterocycles. The Hall–Kier alpha value is -4.45. The average Bonchev–Trinajstić information content (AvgIpc) is 2.87. The fraction of sp³-hybridized carbons (Fsp3) is 0.370. The van der Waals surface area contributed by atoms with Gasteiger partial charge in [0, 0.05) is 6.42 Å². The van der Waals surface area contributed by atoms with Gasteiger partial charge in [-0.15, -0.1) is 0 Å². The molecule has 0 bridgehead atoms. The summed E-state index contributed by atoms with van der Waals surface area (Å²) in [6.45, 7) is 3.30. The van der Waals surface area contributed by atoms with Crippen LogP contribution in [0.2, 0.25) is 0 Å². The summed E-state index contributed by atoms with van der Waals surface area (Å²) >= 11 is 0. The minimum atomic E-state index is -1.62. The van der Waals surface area contributed by atoms with E-state index in [9.17, 15) is 39.3 Å². The van der Waals surface area contributed by atoms with Gasteiger partial charge in [-0.3, -0.25) is 19.2 Å². The molecule has 12 heteroatoms. The van der Waals surface area contributed by atoms with Crippen LogP contribution in [0.25, 0.3) is 0 Å². The molecule has 4 unspecified atom stereocenters. The second-order valence-electron chi connectivity index (χ2n) is 9.46. The van der Waals surface area contributed by atoms with E-state index in [-0.39, 0.29) is 18.6 Å². The van der Waals surface area contributed by atoms with Crippen molar-refractivity contribution in [1.82, 2.24) is 16.0 Å². The van der Waals surface area contributed by atoms with Gasteiger partial charge in [0.15, 0.2) is 0 Å². The predicted molar refractivity (Wildman–Crippen MR) is 140 cm³/mol.